The van der Waals surface area contributed by atoms with Gasteiger partial charge in [-0.3, -0.25) is 24.5 Å². The summed E-state index contributed by atoms with van der Waals surface area (Å²) >= 11 is 1.15. The first-order valence-corrected chi connectivity index (χ1v) is 10.6. The number of aryl methyl sites for hydroxylation is 2. The number of aromatic nitrogens is 2. The molecule has 10 heteroatoms. The number of carbonyl (C=O) groups is 1. The van der Waals surface area contributed by atoms with Crippen LogP contribution >= 0.6 is 11.8 Å². The number of nitro groups is 1. The molecule has 166 valence electrons. The molecule has 0 aliphatic heterocycles. The normalized spacial score (nSPS) is 10.8. The highest BCUT2D eigenvalue weighted by Crippen LogP contribution is 2.37. The van der Waals surface area contributed by atoms with E-state index in [1.165, 1.54) is 30.8 Å². The van der Waals surface area contributed by atoms with Crippen LogP contribution in [0.5, 0.6) is 0 Å². The first kappa shape index (κ1) is 22.0. The van der Waals surface area contributed by atoms with Crippen molar-refractivity contribution in [3.8, 4) is 0 Å². The van der Waals surface area contributed by atoms with Crippen molar-refractivity contribution < 1.29 is 9.72 Å². The predicted molar refractivity (Wildman–Crippen MR) is 126 cm³/mol. The second-order valence-corrected chi connectivity index (χ2v) is 8.36. The Bertz CT molecular complexity index is 1510. The molecule has 33 heavy (non-hydrogen) atoms. The quantitative estimate of drug-likeness (QED) is 0.275. The van der Waals surface area contributed by atoms with Gasteiger partial charge in [0.1, 0.15) is 0 Å². The predicted octanol–water partition coefficient (Wildman–Crippen LogP) is 3.55. The number of nitro benzene ring substituents is 1. The lowest BCUT2D eigenvalue weighted by molar-refractivity contribution is -0.387. The summed E-state index contributed by atoms with van der Waals surface area (Å²) in [6.45, 7) is 0. The maximum Gasteiger partial charge on any atom is 0.316 e. The van der Waals surface area contributed by atoms with Gasteiger partial charge in [0.25, 0.3) is 11.6 Å². The van der Waals surface area contributed by atoms with Gasteiger partial charge in [0, 0.05) is 36.3 Å². The minimum absolute atomic E-state index is 0.178. The fourth-order valence-electron chi connectivity index (χ4n) is 3.34. The highest BCUT2D eigenvalue weighted by Gasteiger charge is 2.20. The summed E-state index contributed by atoms with van der Waals surface area (Å²) in [5, 5.41) is 14.5. The van der Waals surface area contributed by atoms with E-state index in [0.717, 1.165) is 16.3 Å². The third-order valence-corrected chi connectivity index (χ3v) is 6.20. The summed E-state index contributed by atoms with van der Waals surface area (Å²) in [4.78, 5) is 48.8. The second-order valence-electron chi connectivity index (χ2n) is 7.24. The van der Waals surface area contributed by atoms with Crippen molar-refractivity contribution in [3.05, 3.63) is 103 Å². The number of anilines is 1. The van der Waals surface area contributed by atoms with E-state index in [1.807, 2.05) is 6.07 Å². The van der Waals surface area contributed by atoms with Crippen molar-refractivity contribution >= 4 is 40.1 Å². The van der Waals surface area contributed by atoms with Crippen LogP contribution in [0.15, 0.2) is 86.1 Å². The summed E-state index contributed by atoms with van der Waals surface area (Å²) in [5.41, 5.74) is 0.157. The number of nitrogens with one attached hydrogen (secondary N) is 1. The largest absolute Gasteiger partial charge is 0.322 e. The zero-order valence-electron chi connectivity index (χ0n) is 17.6. The molecule has 1 N–H and O–H groups in total. The van der Waals surface area contributed by atoms with Gasteiger partial charge in [-0.15, -0.1) is 0 Å². The molecule has 1 aromatic heterocycles. The first-order chi connectivity index (χ1) is 15.8. The molecule has 4 aromatic rings. The van der Waals surface area contributed by atoms with Crippen LogP contribution in [0.2, 0.25) is 0 Å². The molecule has 0 atom stereocenters. The molecule has 0 spiro atoms. The van der Waals surface area contributed by atoms with E-state index in [0.29, 0.717) is 26.6 Å². The van der Waals surface area contributed by atoms with Gasteiger partial charge in [-0.05, 0) is 42.5 Å². The minimum Gasteiger partial charge on any atom is -0.322 e. The number of carbonyl (C=O) groups excluding carboxylic acids is 1. The van der Waals surface area contributed by atoms with E-state index >= 15 is 0 Å². The van der Waals surface area contributed by atoms with Crippen molar-refractivity contribution in [2.24, 2.45) is 14.1 Å². The molecule has 0 aliphatic rings. The molecule has 0 radical (unpaired) electrons. The minimum atomic E-state index is -0.757. The van der Waals surface area contributed by atoms with Gasteiger partial charge >= 0.3 is 11.1 Å². The topological polar surface area (TPSA) is 116 Å². The van der Waals surface area contributed by atoms with Crippen molar-refractivity contribution in [1.82, 2.24) is 9.13 Å². The van der Waals surface area contributed by atoms with Crippen LogP contribution in [0, 0.1) is 10.1 Å². The molecule has 9 nitrogen and oxygen atoms in total. The molecule has 0 saturated heterocycles. The summed E-state index contributed by atoms with van der Waals surface area (Å²) in [7, 11) is 2.86. The lowest BCUT2D eigenvalue weighted by atomic mass is 10.2. The molecule has 0 aliphatic carbocycles. The van der Waals surface area contributed by atoms with Crippen molar-refractivity contribution in [2.75, 3.05) is 5.32 Å². The highest BCUT2D eigenvalue weighted by molar-refractivity contribution is 7.99. The van der Waals surface area contributed by atoms with Gasteiger partial charge in [-0.25, -0.2) is 0 Å². The second kappa shape index (κ2) is 8.75. The number of rotatable bonds is 5. The average molecular weight is 462 g/mol. The lowest BCUT2D eigenvalue weighted by Gasteiger charge is -2.11. The van der Waals surface area contributed by atoms with Crippen LogP contribution in [-0.2, 0) is 14.1 Å². The monoisotopic (exact) mass is 462 g/mol. The Hall–Kier alpha value is -4.18. The van der Waals surface area contributed by atoms with Gasteiger partial charge in [-0.1, -0.05) is 30.0 Å². The number of amides is 1. The fourth-order valence-corrected chi connectivity index (χ4v) is 4.27. The summed E-state index contributed by atoms with van der Waals surface area (Å²) in [6.07, 6.45) is 0. The van der Waals surface area contributed by atoms with Gasteiger partial charge in [0.2, 0.25) is 0 Å². The maximum atomic E-state index is 12.3. The Morgan fingerprint density at radius 3 is 2.06 bits per heavy atom. The van der Waals surface area contributed by atoms with E-state index in [2.05, 4.69) is 5.32 Å². The smallest absolute Gasteiger partial charge is 0.316 e. The van der Waals surface area contributed by atoms with Crippen LogP contribution in [0.4, 0.5) is 11.4 Å². The molecule has 3 aromatic carbocycles. The Labute approximate surface area is 191 Å². The van der Waals surface area contributed by atoms with E-state index in [-0.39, 0.29) is 17.1 Å². The first-order valence-electron chi connectivity index (χ1n) is 9.78. The Balaban J connectivity index is 1.66. The molecule has 1 heterocycles. The zero-order valence-corrected chi connectivity index (χ0v) is 18.5. The Morgan fingerprint density at radius 1 is 0.909 bits per heavy atom. The van der Waals surface area contributed by atoms with E-state index in [9.17, 15) is 24.5 Å². The van der Waals surface area contributed by atoms with E-state index in [4.69, 9.17) is 0 Å². The number of hydrogen-bond donors (Lipinski definition) is 1. The zero-order chi connectivity index (χ0) is 23.7. The molecular weight excluding hydrogens is 444 g/mol. The van der Waals surface area contributed by atoms with Gasteiger partial charge < -0.3 is 14.5 Å². The highest BCUT2D eigenvalue weighted by atomic mass is 32.2. The molecule has 0 saturated carbocycles. The lowest BCUT2D eigenvalue weighted by Crippen LogP contribution is -2.39. The number of hydrogen-bond acceptors (Lipinski definition) is 6. The molecule has 0 bridgehead atoms. The molecule has 1 amide bonds. The fraction of sp³-hybridized carbons (Fsp3) is 0.0870. The van der Waals surface area contributed by atoms with Crippen LogP contribution < -0.4 is 16.4 Å². The average Bonchev–Trinajstić information content (AvgIpc) is 2.82. The molecule has 0 unspecified atom stereocenters. The van der Waals surface area contributed by atoms with Crippen LogP contribution in [-0.4, -0.2) is 20.0 Å². The van der Waals surface area contributed by atoms with Crippen molar-refractivity contribution in [3.63, 3.8) is 0 Å². The Kier molecular flexibility index (Phi) is 5.84. The summed E-state index contributed by atoms with van der Waals surface area (Å²) in [6, 6.07) is 18.5. The van der Waals surface area contributed by atoms with Crippen LogP contribution in [0.3, 0.4) is 0 Å². The van der Waals surface area contributed by atoms with E-state index < -0.39 is 16.0 Å². The van der Waals surface area contributed by atoms with Crippen LogP contribution in [0.1, 0.15) is 10.4 Å². The standard InChI is InChI=1S/C23H18N4O5S/c1-25-17-12-19(27(31)32)20(13-18(17)26(2)23(30)22(25)29)33-16-10-8-15(9-11-16)24-21(28)14-6-4-3-5-7-14/h3-13H,1-2H3,(H,24,28). The summed E-state index contributed by atoms with van der Waals surface area (Å²) < 4.78 is 2.30. The number of nitrogens with zero attached hydrogens (tertiary/aromatic N) is 3. The van der Waals surface area contributed by atoms with Crippen molar-refractivity contribution in [2.45, 2.75) is 9.79 Å². The van der Waals surface area contributed by atoms with Gasteiger partial charge in [-0.2, -0.15) is 0 Å². The van der Waals surface area contributed by atoms with E-state index in [1.54, 1.807) is 48.5 Å². The SMILES string of the molecule is Cn1c(=O)c(=O)n(C)c2cc([N+](=O)[O-])c(Sc3ccc(NC(=O)c4ccccc4)cc3)cc21. The molecule has 4 rings (SSSR count). The van der Waals surface area contributed by atoms with Crippen molar-refractivity contribution in [1.29, 1.82) is 0 Å². The molecule has 0 fully saturated rings. The maximum absolute atomic E-state index is 12.3. The summed E-state index contributed by atoms with van der Waals surface area (Å²) in [5.74, 6) is -0.243. The Morgan fingerprint density at radius 2 is 1.48 bits per heavy atom. The number of benzene rings is 3. The van der Waals surface area contributed by atoms with Gasteiger partial charge in [0.15, 0.2) is 0 Å². The number of fused-ring (bicyclic) bond motifs is 1. The van der Waals surface area contributed by atoms with Gasteiger partial charge in [0.05, 0.1) is 20.9 Å². The van der Waals surface area contributed by atoms with Crippen LogP contribution in [0.25, 0.3) is 11.0 Å². The molecular formula is C23H18N4O5S. The third-order valence-electron chi connectivity index (χ3n) is 5.14. The third kappa shape index (κ3) is 4.28.